The van der Waals surface area contributed by atoms with Crippen molar-refractivity contribution in [2.24, 2.45) is 0 Å². The Morgan fingerprint density at radius 3 is 2.10 bits per heavy atom. The summed E-state index contributed by atoms with van der Waals surface area (Å²) in [5.74, 6) is -0.985. The molecule has 1 N–H and O–H groups in total. The molecule has 0 aliphatic heterocycles. The molecule has 0 heterocycles. The van der Waals surface area contributed by atoms with Crippen molar-refractivity contribution in [1.29, 1.82) is 0 Å². The van der Waals surface area contributed by atoms with Gasteiger partial charge in [0.2, 0.25) is 11.8 Å². The summed E-state index contributed by atoms with van der Waals surface area (Å²) < 4.78 is 47.5. The van der Waals surface area contributed by atoms with Gasteiger partial charge in [0.05, 0.1) is 17.2 Å². The third-order valence-corrected chi connectivity index (χ3v) is 7.70. The Kier molecular flexibility index (Phi) is 10.1. The summed E-state index contributed by atoms with van der Waals surface area (Å²) in [6.07, 6.45) is 0. The molecule has 0 fully saturated rings. The van der Waals surface area contributed by atoms with E-state index in [-0.39, 0.29) is 29.1 Å². The molecule has 0 aromatic heterocycles. The molecule has 0 saturated carbocycles. The fraction of sp³-hybridized carbons (Fsp3) is 0.310. The van der Waals surface area contributed by atoms with Crippen molar-refractivity contribution in [1.82, 2.24) is 10.2 Å². The third-order valence-electron chi connectivity index (χ3n) is 5.91. The Balaban J connectivity index is 2.02. The van der Waals surface area contributed by atoms with Crippen LogP contribution in [-0.4, -0.2) is 50.4 Å². The van der Waals surface area contributed by atoms with Gasteiger partial charge in [-0.25, -0.2) is 12.8 Å². The quantitative estimate of drug-likeness (QED) is 0.358. The van der Waals surface area contributed by atoms with Gasteiger partial charge >= 0.3 is 0 Å². The molecule has 0 bridgehead atoms. The number of amides is 2. The highest BCUT2D eigenvalue weighted by molar-refractivity contribution is 7.92. The number of rotatable bonds is 12. The van der Waals surface area contributed by atoms with Gasteiger partial charge in [-0.1, -0.05) is 30.3 Å². The number of anilines is 1. The van der Waals surface area contributed by atoms with Crippen molar-refractivity contribution < 1.29 is 27.1 Å². The lowest BCUT2D eigenvalue weighted by Crippen LogP contribution is -2.52. The summed E-state index contributed by atoms with van der Waals surface area (Å²) in [6, 6.07) is 18.8. The van der Waals surface area contributed by atoms with E-state index in [9.17, 15) is 22.4 Å². The summed E-state index contributed by atoms with van der Waals surface area (Å²) in [5.41, 5.74) is 0.999. The van der Waals surface area contributed by atoms with Crippen LogP contribution in [0.3, 0.4) is 0 Å². The monoisotopic (exact) mass is 555 g/mol. The maximum absolute atomic E-state index is 13.8. The second kappa shape index (κ2) is 13.2. The summed E-state index contributed by atoms with van der Waals surface area (Å²) in [4.78, 5) is 27.9. The summed E-state index contributed by atoms with van der Waals surface area (Å²) in [7, 11) is -4.28. The fourth-order valence-corrected chi connectivity index (χ4v) is 5.32. The lowest BCUT2D eigenvalue weighted by molar-refractivity contribution is -0.139. The second-order valence-corrected chi connectivity index (χ2v) is 11.1. The van der Waals surface area contributed by atoms with Crippen LogP contribution in [0.5, 0.6) is 5.75 Å². The van der Waals surface area contributed by atoms with Gasteiger partial charge in [0.15, 0.2) is 0 Å². The minimum atomic E-state index is -4.28. The standard InChI is InChI=1S/C29H34FN3O5S/c1-5-38-26-15-13-25(14-16-26)33(39(36,37)27-17-11-24(30)12-18-27)20-28(34)32(19-23-9-7-6-8-10-23)22(4)29(35)31-21(2)3/h6-18,21-22H,5,19-20H2,1-4H3,(H,31,35)/t22-/m0/s1. The van der Waals surface area contributed by atoms with Crippen molar-refractivity contribution in [3.63, 3.8) is 0 Å². The highest BCUT2D eigenvalue weighted by Crippen LogP contribution is 2.27. The van der Waals surface area contributed by atoms with E-state index in [1.807, 2.05) is 51.1 Å². The SMILES string of the molecule is CCOc1ccc(N(CC(=O)N(Cc2ccccc2)[C@@H](C)C(=O)NC(C)C)S(=O)(=O)c2ccc(F)cc2)cc1. The van der Waals surface area contributed by atoms with Gasteiger partial charge in [-0.05, 0) is 81.8 Å². The molecule has 0 aliphatic rings. The Bertz CT molecular complexity index is 1350. The predicted octanol–water partition coefficient (Wildman–Crippen LogP) is 4.36. The van der Waals surface area contributed by atoms with E-state index in [1.165, 1.54) is 17.0 Å². The van der Waals surface area contributed by atoms with Crippen LogP contribution in [0.4, 0.5) is 10.1 Å². The number of carbonyl (C=O) groups is 2. The van der Waals surface area contributed by atoms with Crippen molar-refractivity contribution in [3.8, 4) is 5.75 Å². The number of ether oxygens (including phenoxy) is 1. The van der Waals surface area contributed by atoms with E-state index in [1.54, 1.807) is 19.1 Å². The summed E-state index contributed by atoms with van der Waals surface area (Å²) in [6.45, 7) is 7.01. The van der Waals surface area contributed by atoms with Crippen LogP contribution in [0, 0.1) is 5.82 Å². The molecule has 1 atom stereocenters. The Morgan fingerprint density at radius 2 is 1.54 bits per heavy atom. The first-order valence-electron chi connectivity index (χ1n) is 12.7. The van der Waals surface area contributed by atoms with Gasteiger partial charge in [0.1, 0.15) is 24.2 Å². The summed E-state index contributed by atoms with van der Waals surface area (Å²) in [5, 5.41) is 2.81. The van der Waals surface area contributed by atoms with E-state index in [0.717, 1.165) is 34.1 Å². The number of benzene rings is 3. The van der Waals surface area contributed by atoms with Crippen LogP contribution in [0.2, 0.25) is 0 Å². The first-order valence-corrected chi connectivity index (χ1v) is 14.1. The molecule has 10 heteroatoms. The average Bonchev–Trinajstić information content (AvgIpc) is 2.91. The minimum Gasteiger partial charge on any atom is -0.494 e. The smallest absolute Gasteiger partial charge is 0.264 e. The molecule has 0 spiro atoms. The first kappa shape index (κ1) is 29.6. The Morgan fingerprint density at radius 1 is 0.923 bits per heavy atom. The van der Waals surface area contributed by atoms with Crippen LogP contribution < -0.4 is 14.4 Å². The number of halogens is 1. The zero-order valence-corrected chi connectivity index (χ0v) is 23.3. The van der Waals surface area contributed by atoms with E-state index in [4.69, 9.17) is 4.74 Å². The third kappa shape index (κ3) is 7.79. The lowest BCUT2D eigenvalue weighted by atomic mass is 10.1. The molecule has 208 valence electrons. The van der Waals surface area contributed by atoms with E-state index in [0.29, 0.717) is 12.4 Å². The molecule has 3 aromatic carbocycles. The second-order valence-electron chi connectivity index (χ2n) is 9.24. The minimum absolute atomic E-state index is 0.0973. The number of nitrogens with one attached hydrogen (secondary N) is 1. The van der Waals surface area contributed by atoms with Gasteiger partial charge in [-0.15, -0.1) is 0 Å². The summed E-state index contributed by atoms with van der Waals surface area (Å²) >= 11 is 0. The van der Waals surface area contributed by atoms with Crippen LogP contribution >= 0.6 is 0 Å². The van der Waals surface area contributed by atoms with E-state index >= 15 is 0 Å². The van der Waals surface area contributed by atoms with Crippen LogP contribution in [0.1, 0.15) is 33.3 Å². The van der Waals surface area contributed by atoms with Crippen molar-refractivity contribution in [2.75, 3.05) is 17.5 Å². The molecule has 0 aliphatic carbocycles. The Hall–Kier alpha value is -3.92. The molecule has 3 aromatic rings. The first-order chi connectivity index (χ1) is 18.5. The molecule has 8 nitrogen and oxygen atoms in total. The number of carbonyl (C=O) groups excluding carboxylic acids is 2. The van der Waals surface area contributed by atoms with E-state index in [2.05, 4.69) is 5.32 Å². The van der Waals surface area contributed by atoms with Crippen molar-refractivity contribution >= 4 is 27.5 Å². The van der Waals surface area contributed by atoms with Crippen molar-refractivity contribution in [3.05, 3.63) is 90.2 Å². The molecular weight excluding hydrogens is 521 g/mol. The van der Waals surface area contributed by atoms with Gasteiger partial charge in [-0.3, -0.25) is 13.9 Å². The molecule has 0 saturated heterocycles. The number of hydrogen-bond donors (Lipinski definition) is 1. The zero-order valence-electron chi connectivity index (χ0n) is 22.5. The average molecular weight is 556 g/mol. The molecule has 3 rings (SSSR count). The number of hydrogen-bond acceptors (Lipinski definition) is 5. The number of sulfonamides is 1. The molecule has 0 radical (unpaired) electrons. The lowest BCUT2D eigenvalue weighted by Gasteiger charge is -2.32. The zero-order chi connectivity index (χ0) is 28.6. The Labute approximate surface area is 229 Å². The normalized spacial score (nSPS) is 12.1. The van der Waals surface area contributed by atoms with Crippen LogP contribution in [0.25, 0.3) is 0 Å². The predicted molar refractivity (Wildman–Crippen MR) is 148 cm³/mol. The van der Waals surface area contributed by atoms with Gasteiger partial charge < -0.3 is 15.0 Å². The molecule has 2 amide bonds. The van der Waals surface area contributed by atoms with Gasteiger partial charge in [-0.2, -0.15) is 0 Å². The van der Waals surface area contributed by atoms with Crippen molar-refractivity contribution in [2.45, 2.75) is 51.2 Å². The molecular formula is C29H34FN3O5S. The van der Waals surface area contributed by atoms with E-state index < -0.39 is 34.3 Å². The molecule has 0 unspecified atom stereocenters. The van der Waals surface area contributed by atoms with Gasteiger partial charge in [0, 0.05) is 12.6 Å². The molecule has 39 heavy (non-hydrogen) atoms. The van der Waals surface area contributed by atoms with Gasteiger partial charge in [0.25, 0.3) is 10.0 Å². The van der Waals surface area contributed by atoms with Crippen LogP contribution in [-0.2, 0) is 26.2 Å². The highest BCUT2D eigenvalue weighted by atomic mass is 32.2. The number of nitrogens with zero attached hydrogens (tertiary/aromatic N) is 2. The maximum atomic E-state index is 13.8. The topological polar surface area (TPSA) is 96.0 Å². The maximum Gasteiger partial charge on any atom is 0.264 e. The fourth-order valence-electron chi connectivity index (χ4n) is 3.91. The largest absolute Gasteiger partial charge is 0.494 e. The highest BCUT2D eigenvalue weighted by Gasteiger charge is 2.32. The van der Waals surface area contributed by atoms with Crippen LogP contribution in [0.15, 0.2) is 83.8 Å².